The molecule has 1 N–H and O–H groups in total. The van der Waals surface area contributed by atoms with Crippen molar-refractivity contribution in [2.24, 2.45) is 0 Å². The second kappa shape index (κ2) is 7.55. The summed E-state index contributed by atoms with van der Waals surface area (Å²) in [5.74, 6) is -1.91. The van der Waals surface area contributed by atoms with Gasteiger partial charge in [0.1, 0.15) is 0 Å². The average Bonchev–Trinajstić information content (AvgIpc) is 2.64. The number of hydrogen-bond donors (Lipinski definition) is 1. The summed E-state index contributed by atoms with van der Waals surface area (Å²) in [5.41, 5.74) is 2.80. The Morgan fingerprint density at radius 1 is 0.926 bits per heavy atom. The van der Waals surface area contributed by atoms with Crippen LogP contribution in [0.5, 0.6) is 0 Å². The first-order valence-corrected chi connectivity index (χ1v) is 9.10. The van der Waals surface area contributed by atoms with E-state index < -0.39 is 11.6 Å². The maximum Gasteiger partial charge on any atom is 0.321 e. The molecule has 0 unspecified atom stereocenters. The van der Waals surface area contributed by atoms with Crippen LogP contribution in [0.3, 0.4) is 0 Å². The summed E-state index contributed by atoms with van der Waals surface area (Å²) in [6.07, 6.45) is 0. The van der Waals surface area contributed by atoms with E-state index in [-0.39, 0.29) is 17.1 Å². The number of anilines is 2. The number of carbonyl (C=O) groups is 1. The van der Waals surface area contributed by atoms with E-state index in [1.807, 2.05) is 0 Å². The van der Waals surface area contributed by atoms with Gasteiger partial charge in [-0.15, -0.1) is 0 Å². The van der Waals surface area contributed by atoms with Gasteiger partial charge in [-0.2, -0.15) is 0 Å². The fourth-order valence-electron chi connectivity index (χ4n) is 3.12. The number of nitrogens with zero attached hydrogens (tertiary/aromatic N) is 2. The molecule has 1 aliphatic rings. The summed E-state index contributed by atoms with van der Waals surface area (Å²) in [6.45, 7) is 9.14. The molecule has 27 heavy (non-hydrogen) atoms. The highest BCUT2D eigenvalue weighted by molar-refractivity contribution is 5.89. The van der Waals surface area contributed by atoms with Crippen LogP contribution in [0.25, 0.3) is 0 Å². The van der Waals surface area contributed by atoms with Crippen LogP contribution in [0.1, 0.15) is 26.3 Å². The van der Waals surface area contributed by atoms with Crippen molar-refractivity contribution in [3.63, 3.8) is 0 Å². The number of benzene rings is 2. The largest absolute Gasteiger partial charge is 0.368 e. The number of halogens is 2. The third-order valence-electron chi connectivity index (χ3n) is 4.84. The van der Waals surface area contributed by atoms with Crippen LogP contribution in [-0.4, -0.2) is 37.1 Å². The van der Waals surface area contributed by atoms with E-state index in [1.165, 1.54) is 11.6 Å². The lowest BCUT2D eigenvalue weighted by Gasteiger charge is -2.36. The van der Waals surface area contributed by atoms with E-state index in [2.05, 4.69) is 55.3 Å². The zero-order chi connectivity index (χ0) is 19.6. The summed E-state index contributed by atoms with van der Waals surface area (Å²) in [6, 6.07) is 11.6. The molecule has 0 aromatic heterocycles. The molecular weight excluding hydrogens is 348 g/mol. The first-order valence-electron chi connectivity index (χ1n) is 9.10. The van der Waals surface area contributed by atoms with Gasteiger partial charge in [0, 0.05) is 43.6 Å². The Morgan fingerprint density at radius 3 is 2.11 bits per heavy atom. The van der Waals surface area contributed by atoms with Crippen molar-refractivity contribution in [1.29, 1.82) is 0 Å². The molecular formula is C21H25F2N3O. The Bertz CT molecular complexity index is 807. The summed E-state index contributed by atoms with van der Waals surface area (Å²) >= 11 is 0. The molecule has 4 nitrogen and oxygen atoms in total. The fourth-order valence-corrected chi connectivity index (χ4v) is 3.12. The van der Waals surface area contributed by atoms with Crippen LogP contribution in [0.4, 0.5) is 25.0 Å². The monoisotopic (exact) mass is 373 g/mol. The molecule has 1 saturated heterocycles. The lowest BCUT2D eigenvalue weighted by molar-refractivity contribution is 0.208. The van der Waals surface area contributed by atoms with Crippen molar-refractivity contribution in [1.82, 2.24) is 4.90 Å². The lowest BCUT2D eigenvalue weighted by Crippen LogP contribution is -2.50. The molecule has 2 aromatic rings. The van der Waals surface area contributed by atoms with Crippen molar-refractivity contribution < 1.29 is 13.6 Å². The number of amides is 2. The summed E-state index contributed by atoms with van der Waals surface area (Å²) < 4.78 is 26.2. The Balaban J connectivity index is 1.56. The Hall–Kier alpha value is -2.63. The first kappa shape index (κ1) is 19.1. The minimum absolute atomic E-state index is 0.120. The SMILES string of the molecule is CC(C)(C)c1ccc(N2CCN(C(=O)Nc3ccc(F)c(F)c3)CC2)cc1. The Morgan fingerprint density at radius 2 is 1.56 bits per heavy atom. The normalized spacial score (nSPS) is 15.0. The van der Waals surface area contributed by atoms with Gasteiger partial charge in [0.2, 0.25) is 0 Å². The van der Waals surface area contributed by atoms with Gasteiger partial charge in [0.25, 0.3) is 0 Å². The first-order chi connectivity index (χ1) is 12.7. The molecule has 144 valence electrons. The zero-order valence-corrected chi connectivity index (χ0v) is 15.9. The molecule has 6 heteroatoms. The predicted molar refractivity (Wildman–Crippen MR) is 104 cm³/mol. The molecule has 0 bridgehead atoms. The second-order valence-corrected chi connectivity index (χ2v) is 7.83. The van der Waals surface area contributed by atoms with Gasteiger partial charge in [0.05, 0.1) is 0 Å². The smallest absolute Gasteiger partial charge is 0.321 e. The average molecular weight is 373 g/mol. The highest BCUT2D eigenvalue weighted by atomic mass is 19.2. The highest BCUT2D eigenvalue weighted by Crippen LogP contribution is 2.25. The minimum Gasteiger partial charge on any atom is -0.368 e. The van der Waals surface area contributed by atoms with Crippen molar-refractivity contribution in [2.75, 3.05) is 36.4 Å². The number of hydrogen-bond acceptors (Lipinski definition) is 2. The van der Waals surface area contributed by atoms with Crippen LogP contribution in [0, 0.1) is 11.6 Å². The zero-order valence-electron chi connectivity index (χ0n) is 15.9. The second-order valence-electron chi connectivity index (χ2n) is 7.83. The van der Waals surface area contributed by atoms with Crippen molar-refractivity contribution >= 4 is 17.4 Å². The van der Waals surface area contributed by atoms with Crippen molar-refractivity contribution in [2.45, 2.75) is 26.2 Å². The quantitative estimate of drug-likeness (QED) is 0.834. The molecule has 0 atom stereocenters. The van der Waals surface area contributed by atoms with E-state index in [0.29, 0.717) is 13.1 Å². The van der Waals surface area contributed by atoms with Crippen molar-refractivity contribution in [3.8, 4) is 0 Å². The molecule has 1 fully saturated rings. The van der Waals surface area contributed by atoms with Crippen LogP contribution < -0.4 is 10.2 Å². The molecule has 0 saturated carbocycles. The van der Waals surface area contributed by atoms with Gasteiger partial charge in [-0.3, -0.25) is 0 Å². The van der Waals surface area contributed by atoms with Crippen LogP contribution in [0.15, 0.2) is 42.5 Å². The molecule has 2 aromatic carbocycles. The van der Waals surface area contributed by atoms with Gasteiger partial charge >= 0.3 is 6.03 Å². The van der Waals surface area contributed by atoms with Crippen molar-refractivity contribution in [3.05, 3.63) is 59.7 Å². The number of rotatable bonds is 2. The van der Waals surface area contributed by atoms with E-state index >= 15 is 0 Å². The summed E-state index contributed by atoms with van der Waals surface area (Å²) in [4.78, 5) is 16.3. The van der Waals surface area contributed by atoms with Crippen LogP contribution in [-0.2, 0) is 5.41 Å². The minimum atomic E-state index is -0.976. The molecule has 1 heterocycles. The molecule has 0 radical (unpaired) electrons. The van der Waals surface area contributed by atoms with Gasteiger partial charge in [-0.05, 0) is 35.2 Å². The number of nitrogens with one attached hydrogen (secondary N) is 1. The van der Waals surface area contributed by atoms with Gasteiger partial charge in [-0.25, -0.2) is 13.6 Å². The molecule has 0 spiro atoms. The number of carbonyl (C=O) groups excluding carboxylic acids is 1. The van der Waals surface area contributed by atoms with Gasteiger partial charge in [-0.1, -0.05) is 32.9 Å². The molecule has 1 aliphatic heterocycles. The van der Waals surface area contributed by atoms with Crippen LogP contribution in [0.2, 0.25) is 0 Å². The molecule has 0 aliphatic carbocycles. The highest BCUT2D eigenvalue weighted by Gasteiger charge is 2.22. The number of urea groups is 1. The maximum atomic E-state index is 13.3. The standard InChI is InChI=1S/C21H25F2N3O/c1-21(2,3)15-4-7-17(8-5-15)25-10-12-26(13-11-25)20(27)24-16-6-9-18(22)19(23)14-16/h4-9,14H,10-13H2,1-3H3,(H,24,27). The van der Waals surface area contributed by atoms with E-state index in [1.54, 1.807) is 4.90 Å². The summed E-state index contributed by atoms with van der Waals surface area (Å²) in [7, 11) is 0. The Kier molecular flexibility index (Phi) is 5.35. The maximum absolute atomic E-state index is 13.3. The third-order valence-corrected chi connectivity index (χ3v) is 4.84. The molecule has 2 amide bonds. The summed E-state index contributed by atoms with van der Waals surface area (Å²) in [5, 5.41) is 2.62. The van der Waals surface area contributed by atoms with Gasteiger partial charge in [0.15, 0.2) is 11.6 Å². The number of piperazine rings is 1. The third kappa shape index (κ3) is 4.56. The fraction of sp³-hybridized carbons (Fsp3) is 0.381. The van der Waals surface area contributed by atoms with Crippen LogP contribution >= 0.6 is 0 Å². The molecule has 3 rings (SSSR count). The predicted octanol–water partition coefficient (Wildman–Crippen LogP) is 4.62. The lowest BCUT2D eigenvalue weighted by atomic mass is 9.87. The van der Waals surface area contributed by atoms with E-state index in [9.17, 15) is 13.6 Å². The van der Waals surface area contributed by atoms with E-state index in [0.717, 1.165) is 30.9 Å². The topological polar surface area (TPSA) is 35.6 Å². The van der Waals surface area contributed by atoms with Gasteiger partial charge < -0.3 is 15.1 Å². The van der Waals surface area contributed by atoms with E-state index in [4.69, 9.17) is 0 Å². The Labute approximate surface area is 158 Å².